The van der Waals surface area contributed by atoms with Gasteiger partial charge >= 0.3 is 6.03 Å². The molecule has 0 saturated heterocycles. The summed E-state index contributed by atoms with van der Waals surface area (Å²) < 4.78 is 5.40. The second kappa shape index (κ2) is 8.15. The van der Waals surface area contributed by atoms with E-state index < -0.39 is 6.10 Å². The van der Waals surface area contributed by atoms with Gasteiger partial charge in [0.25, 0.3) is 0 Å². The van der Waals surface area contributed by atoms with Gasteiger partial charge in [-0.3, -0.25) is 0 Å². The van der Waals surface area contributed by atoms with E-state index in [-0.39, 0.29) is 25.2 Å². The number of carbonyl (C=O) groups excluding carboxylic acids is 1. The predicted molar refractivity (Wildman–Crippen MR) is 85.7 cm³/mol. The van der Waals surface area contributed by atoms with E-state index in [1.807, 2.05) is 38.1 Å². The summed E-state index contributed by atoms with van der Waals surface area (Å²) in [4.78, 5) is 11.9. The van der Waals surface area contributed by atoms with Crippen molar-refractivity contribution in [1.82, 2.24) is 10.6 Å². The van der Waals surface area contributed by atoms with Crippen molar-refractivity contribution in [3.63, 3.8) is 0 Å². The number of rotatable bonds is 8. The largest absolute Gasteiger partial charge is 0.389 e. The summed E-state index contributed by atoms with van der Waals surface area (Å²) in [5.74, 6) is 0.679. The van der Waals surface area contributed by atoms with E-state index in [2.05, 4.69) is 10.6 Å². The molecule has 2 unspecified atom stereocenters. The summed E-state index contributed by atoms with van der Waals surface area (Å²) in [7, 11) is 0. The first-order valence-corrected chi connectivity index (χ1v) is 7.92. The van der Waals surface area contributed by atoms with Crippen LogP contribution < -0.4 is 10.6 Å². The zero-order chi connectivity index (χ0) is 15.9. The van der Waals surface area contributed by atoms with Gasteiger partial charge < -0.3 is 20.5 Å². The molecule has 0 aliphatic heterocycles. The smallest absolute Gasteiger partial charge is 0.315 e. The van der Waals surface area contributed by atoms with Crippen LogP contribution in [0, 0.1) is 12.8 Å². The van der Waals surface area contributed by atoms with E-state index in [1.54, 1.807) is 0 Å². The quantitative estimate of drug-likeness (QED) is 0.689. The molecule has 0 heterocycles. The fourth-order valence-electron chi connectivity index (χ4n) is 2.32. The predicted octanol–water partition coefficient (Wildman–Crippen LogP) is 2.14. The zero-order valence-corrected chi connectivity index (χ0v) is 13.3. The Labute approximate surface area is 132 Å². The summed E-state index contributed by atoms with van der Waals surface area (Å²) >= 11 is 0. The number of aliphatic hydroxyl groups excluding tert-OH is 1. The Morgan fingerprint density at radius 1 is 1.41 bits per heavy atom. The number of nitrogens with one attached hydrogen (secondary N) is 2. The van der Waals surface area contributed by atoms with Crippen LogP contribution in [-0.4, -0.2) is 37.0 Å². The number of aryl methyl sites for hydroxylation is 1. The van der Waals surface area contributed by atoms with Crippen molar-refractivity contribution in [2.45, 2.75) is 38.8 Å². The normalized spacial score (nSPS) is 16.9. The van der Waals surface area contributed by atoms with Crippen molar-refractivity contribution in [3.05, 3.63) is 35.4 Å². The highest BCUT2D eigenvalue weighted by atomic mass is 16.5. The Hall–Kier alpha value is -1.59. The van der Waals surface area contributed by atoms with E-state index >= 15 is 0 Å². The van der Waals surface area contributed by atoms with Gasteiger partial charge in [0.05, 0.1) is 18.8 Å². The minimum absolute atomic E-state index is 0.0792. The third-order valence-corrected chi connectivity index (χ3v) is 3.86. The third kappa shape index (κ3) is 5.66. The summed E-state index contributed by atoms with van der Waals surface area (Å²) in [5.41, 5.74) is 2.23. The van der Waals surface area contributed by atoms with Crippen LogP contribution in [0.5, 0.6) is 0 Å². The molecule has 5 heteroatoms. The first-order chi connectivity index (χ1) is 10.6. The lowest BCUT2D eigenvalue weighted by atomic mass is 10.0. The minimum atomic E-state index is -0.668. The topological polar surface area (TPSA) is 70.6 Å². The number of carbonyl (C=O) groups is 1. The van der Waals surface area contributed by atoms with Crippen LogP contribution in [0.4, 0.5) is 4.79 Å². The summed E-state index contributed by atoms with van der Waals surface area (Å²) in [5, 5.41) is 15.3. The molecule has 1 aromatic carbocycles. The lowest BCUT2D eigenvalue weighted by molar-refractivity contribution is 0.0337. The van der Waals surface area contributed by atoms with Crippen molar-refractivity contribution in [3.8, 4) is 0 Å². The molecule has 0 aromatic heterocycles. The second-order valence-corrected chi connectivity index (χ2v) is 6.07. The summed E-state index contributed by atoms with van der Waals surface area (Å²) in [6.07, 6.45) is 1.79. The second-order valence-electron chi connectivity index (χ2n) is 6.07. The molecule has 0 spiro atoms. The Morgan fingerprint density at radius 3 is 2.82 bits per heavy atom. The Balaban J connectivity index is 1.65. The molecule has 22 heavy (non-hydrogen) atoms. The molecule has 3 N–H and O–H groups in total. The van der Waals surface area contributed by atoms with Crippen LogP contribution in [0.3, 0.4) is 0 Å². The standard InChI is InChI=1S/C17H26N2O3/c1-12-5-3-4-6-16(12)13(2)19-17(21)18-9-15(20)11-22-10-14-7-8-14/h3-6,13-15,20H,7-11H2,1-2H3,(H2,18,19,21). The molecule has 1 fully saturated rings. The molecule has 0 radical (unpaired) electrons. The lowest BCUT2D eigenvalue weighted by Crippen LogP contribution is -2.42. The van der Waals surface area contributed by atoms with E-state index in [9.17, 15) is 9.90 Å². The van der Waals surface area contributed by atoms with Crippen molar-refractivity contribution in [2.24, 2.45) is 5.92 Å². The Bertz CT molecular complexity index is 489. The van der Waals surface area contributed by atoms with Crippen LogP contribution in [0.1, 0.15) is 36.9 Å². The van der Waals surface area contributed by atoms with E-state index in [4.69, 9.17) is 4.74 Å². The molecule has 2 amide bonds. The van der Waals surface area contributed by atoms with Gasteiger partial charge in [0, 0.05) is 13.2 Å². The number of amides is 2. The van der Waals surface area contributed by atoms with Gasteiger partial charge in [-0.05, 0) is 43.7 Å². The fourth-order valence-corrected chi connectivity index (χ4v) is 2.32. The fraction of sp³-hybridized carbons (Fsp3) is 0.588. The molecule has 1 aliphatic rings. The summed E-state index contributed by atoms with van der Waals surface area (Å²) in [6.45, 7) is 5.14. The van der Waals surface area contributed by atoms with Gasteiger partial charge in [-0.25, -0.2) is 4.79 Å². The average molecular weight is 306 g/mol. The maximum Gasteiger partial charge on any atom is 0.315 e. The maximum absolute atomic E-state index is 11.9. The van der Waals surface area contributed by atoms with Gasteiger partial charge in [0.15, 0.2) is 0 Å². The van der Waals surface area contributed by atoms with Crippen LogP contribution in [-0.2, 0) is 4.74 Å². The highest BCUT2D eigenvalue weighted by Gasteiger charge is 2.21. The Kier molecular flexibility index (Phi) is 6.21. The monoisotopic (exact) mass is 306 g/mol. The molecule has 1 aliphatic carbocycles. The first-order valence-electron chi connectivity index (χ1n) is 7.92. The number of hydrogen-bond acceptors (Lipinski definition) is 3. The number of benzene rings is 1. The number of ether oxygens (including phenoxy) is 1. The van der Waals surface area contributed by atoms with Crippen molar-refractivity contribution >= 4 is 6.03 Å². The molecule has 5 nitrogen and oxygen atoms in total. The highest BCUT2D eigenvalue weighted by Crippen LogP contribution is 2.28. The van der Waals surface area contributed by atoms with Crippen LogP contribution in [0.25, 0.3) is 0 Å². The first kappa shape index (κ1) is 16.8. The van der Waals surface area contributed by atoms with E-state index in [0.717, 1.165) is 11.1 Å². The molecule has 1 aromatic rings. The highest BCUT2D eigenvalue weighted by molar-refractivity contribution is 5.74. The van der Waals surface area contributed by atoms with Crippen molar-refractivity contribution in [1.29, 1.82) is 0 Å². The van der Waals surface area contributed by atoms with E-state index in [0.29, 0.717) is 12.5 Å². The third-order valence-electron chi connectivity index (χ3n) is 3.86. The average Bonchev–Trinajstić information content (AvgIpc) is 3.29. The summed E-state index contributed by atoms with van der Waals surface area (Å²) in [6, 6.07) is 7.59. The molecule has 2 atom stereocenters. The van der Waals surface area contributed by atoms with Crippen LogP contribution >= 0.6 is 0 Å². The molecule has 2 rings (SSSR count). The SMILES string of the molecule is Cc1ccccc1C(C)NC(=O)NCC(O)COCC1CC1. The van der Waals surface area contributed by atoms with Crippen molar-refractivity contribution < 1.29 is 14.6 Å². The van der Waals surface area contributed by atoms with E-state index in [1.165, 1.54) is 12.8 Å². The number of aliphatic hydroxyl groups is 1. The zero-order valence-electron chi connectivity index (χ0n) is 13.3. The molecule has 122 valence electrons. The lowest BCUT2D eigenvalue weighted by Gasteiger charge is -2.18. The van der Waals surface area contributed by atoms with Gasteiger partial charge in [-0.1, -0.05) is 24.3 Å². The number of urea groups is 1. The van der Waals surface area contributed by atoms with Crippen LogP contribution in [0.2, 0.25) is 0 Å². The Morgan fingerprint density at radius 2 is 2.14 bits per heavy atom. The molecular weight excluding hydrogens is 280 g/mol. The molecule has 0 bridgehead atoms. The van der Waals surface area contributed by atoms with Crippen LogP contribution in [0.15, 0.2) is 24.3 Å². The van der Waals surface area contributed by atoms with Gasteiger partial charge in [-0.15, -0.1) is 0 Å². The van der Waals surface area contributed by atoms with Gasteiger partial charge in [0.2, 0.25) is 0 Å². The van der Waals surface area contributed by atoms with Gasteiger partial charge in [-0.2, -0.15) is 0 Å². The number of hydrogen-bond donors (Lipinski definition) is 3. The maximum atomic E-state index is 11.9. The minimum Gasteiger partial charge on any atom is -0.389 e. The molecular formula is C17H26N2O3. The van der Waals surface area contributed by atoms with Crippen molar-refractivity contribution in [2.75, 3.05) is 19.8 Å². The van der Waals surface area contributed by atoms with Gasteiger partial charge in [0.1, 0.15) is 0 Å². The molecule has 1 saturated carbocycles.